The van der Waals surface area contributed by atoms with Crippen LogP contribution in [0.5, 0.6) is 0 Å². The summed E-state index contributed by atoms with van der Waals surface area (Å²) in [4.78, 5) is 45.3. The predicted molar refractivity (Wildman–Crippen MR) is 125 cm³/mol. The molecule has 0 fully saturated rings. The van der Waals surface area contributed by atoms with Gasteiger partial charge in [-0.15, -0.1) is 0 Å². The molecule has 0 saturated heterocycles. The molecule has 1 atom stereocenters. The Morgan fingerprint density at radius 1 is 1.09 bits per heavy atom. The molecule has 1 unspecified atom stereocenters. The summed E-state index contributed by atoms with van der Waals surface area (Å²) in [7, 11) is 1.73. The minimum absolute atomic E-state index is 0.226. The number of ketones is 1. The topological polar surface area (TPSA) is 81.5 Å². The van der Waals surface area contributed by atoms with E-state index in [9.17, 15) is 14.4 Å². The van der Waals surface area contributed by atoms with Crippen LogP contribution in [0, 0.1) is 13.8 Å². The standard InChI is InChI=1S/C26H29N3O4/c1-6-33-26(32)23-17(2)22(18(3)28(23)5)24(30)19(4)29(16-20-11-10-14-27-15-20)25(31)21-12-8-7-9-13-21/h7-15,19H,6,16H2,1-5H3. The molecule has 7 heteroatoms. The van der Waals surface area contributed by atoms with Gasteiger partial charge in [-0.25, -0.2) is 4.79 Å². The van der Waals surface area contributed by atoms with Crippen molar-refractivity contribution in [2.75, 3.05) is 6.61 Å². The van der Waals surface area contributed by atoms with Gasteiger partial charge in [0.05, 0.1) is 12.6 Å². The van der Waals surface area contributed by atoms with E-state index in [1.54, 1.807) is 86.9 Å². The van der Waals surface area contributed by atoms with Crippen molar-refractivity contribution in [2.45, 2.75) is 40.3 Å². The Bertz CT molecular complexity index is 1150. The number of hydrogen-bond acceptors (Lipinski definition) is 5. The number of benzene rings is 1. The average molecular weight is 448 g/mol. The molecule has 2 heterocycles. The molecule has 7 nitrogen and oxygen atoms in total. The number of ether oxygens (including phenoxy) is 1. The maximum atomic E-state index is 13.7. The van der Waals surface area contributed by atoms with Crippen LogP contribution in [0.3, 0.4) is 0 Å². The highest BCUT2D eigenvalue weighted by Crippen LogP contribution is 2.26. The van der Waals surface area contributed by atoms with E-state index in [0.29, 0.717) is 28.1 Å². The van der Waals surface area contributed by atoms with Crippen LogP contribution in [0.4, 0.5) is 0 Å². The molecule has 0 aliphatic heterocycles. The third-order valence-corrected chi connectivity index (χ3v) is 5.85. The summed E-state index contributed by atoms with van der Waals surface area (Å²) in [5.41, 5.74) is 3.30. The number of rotatable bonds is 8. The first kappa shape index (κ1) is 23.9. The summed E-state index contributed by atoms with van der Waals surface area (Å²) in [6, 6.07) is 11.8. The second-order valence-corrected chi connectivity index (χ2v) is 7.91. The number of nitrogens with zero attached hydrogens (tertiary/aromatic N) is 3. The highest BCUT2D eigenvalue weighted by molar-refractivity contribution is 6.07. The third-order valence-electron chi connectivity index (χ3n) is 5.85. The monoisotopic (exact) mass is 447 g/mol. The first-order chi connectivity index (χ1) is 15.8. The van der Waals surface area contributed by atoms with Gasteiger partial charge in [-0.1, -0.05) is 24.3 Å². The van der Waals surface area contributed by atoms with E-state index in [-0.39, 0.29) is 24.8 Å². The van der Waals surface area contributed by atoms with Gasteiger partial charge < -0.3 is 14.2 Å². The summed E-state index contributed by atoms with van der Waals surface area (Å²) in [5, 5.41) is 0. The fourth-order valence-electron chi connectivity index (χ4n) is 4.00. The van der Waals surface area contributed by atoms with Crippen LogP contribution in [0.2, 0.25) is 0 Å². The largest absolute Gasteiger partial charge is 0.461 e. The minimum Gasteiger partial charge on any atom is -0.461 e. The normalized spacial score (nSPS) is 11.7. The summed E-state index contributed by atoms with van der Waals surface area (Å²) in [5.74, 6) is -0.957. The number of carbonyl (C=O) groups excluding carboxylic acids is 3. The first-order valence-electron chi connectivity index (χ1n) is 10.9. The molecule has 0 N–H and O–H groups in total. The number of amides is 1. The van der Waals surface area contributed by atoms with Crippen LogP contribution in [0.15, 0.2) is 54.9 Å². The molecule has 0 bridgehead atoms. The molecule has 0 radical (unpaired) electrons. The van der Waals surface area contributed by atoms with Crippen molar-refractivity contribution < 1.29 is 19.1 Å². The van der Waals surface area contributed by atoms with E-state index in [0.717, 1.165) is 5.56 Å². The van der Waals surface area contributed by atoms with Crippen molar-refractivity contribution in [1.29, 1.82) is 0 Å². The van der Waals surface area contributed by atoms with Gasteiger partial charge in [0.2, 0.25) is 0 Å². The van der Waals surface area contributed by atoms with Crippen LogP contribution in [0.1, 0.15) is 61.9 Å². The van der Waals surface area contributed by atoms with Gasteiger partial charge in [0, 0.05) is 42.8 Å². The van der Waals surface area contributed by atoms with Crippen molar-refractivity contribution in [3.63, 3.8) is 0 Å². The molecule has 172 valence electrons. The SMILES string of the molecule is CCOC(=O)c1c(C)c(C(=O)C(C)N(Cc2cccnc2)C(=O)c2ccccc2)c(C)n1C. The van der Waals surface area contributed by atoms with Crippen LogP contribution in [0.25, 0.3) is 0 Å². The quantitative estimate of drug-likeness (QED) is 0.383. The Hall–Kier alpha value is -3.74. The molecule has 3 rings (SSSR count). The number of carbonyl (C=O) groups is 3. The Labute approximate surface area is 194 Å². The van der Waals surface area contributed by atoms with Gasteiger partial charge in [-0.3, -0.25) is 14.6 Å². The molecule has 0 aliphatic rings. The number of pyridine rings is 1. The third kappa shape index (κ3) is 4.87. The summed E-state index contributed by atoms with van der Waals surface area (Å²) < 4.78 is 6.86. The van der Waals surface area contributed by atoms with E-state index < -0.39 is 12.0 Å². The smallest absolute Gasteiger partial charge is 0.355 e. The van der Waals surface area contributed by atoms with E-state index in [1.165, 1.54) is 0 Å². The van der Waals surface area contributed by atoms with Gasteiger partial charge >= 0.3 is 5.97 Å². The molecule has 1 aromatic carbocycles. The number of aromatic nitrogens is 2. The lowest BCUT2D eigenvalue weighted by Crippen LogP contribution is -2.43. The zero-order valence-corrected chi connectivity index (χ0v) is 19.7. The lowest BCUT2D eigenvalue weighted by molar-refractivity contribution is 0.0513. The average Bonchev–Trinajstić information content (AvgIpc) is 3.05. The molecular weight excluding hydrogens is 418 g/mol. The number of esters is 1. The van der Waals surface area contributed by atoms with Crippen LogP contribution in [-0.2, 0) is 18.3 Å². The molecule has 2 aromatic heterocycles. The lowest BCUT2D eigenvalue weighted by atomic mass is 9.99. The van der Waals surface area contributed by atoms with Gasteiger partial charge in [0.25, 0.3) is 5.91 Å². The van der Waals surface area contributed by atoms with Crippen LogP contribution < -0.4 is 0 Å². The summed E-state index contributed by atoms with van der Waals surface area (Å²) in [6.45, 7) is 7.46. The summed E-state index contributed by atoms with van der Waals surface area (Å²) in [6.07, 6.45) is 3.34. The van der Waals surface area contributed by atoms with Gasteiger partial charge in [-0.05, 0) is 57.0 Å². The maximum absolute atomic E-state index is 13.7. The zero-order chi connectivity index (χ0) is 24.1. The fraction of sp³-hybridized carbons (Fsp3) is 0.308. The van der Waals surface area contributed by atoms with Gasteiger partial charge in [0.1, 0.15) is 5.69 Å². The lowest BCUT2D eigenvalue weighted by Gasteiger charge is -2.29. The Morgan fingerprint density at radius 3 is 2.39 bits per heavy atom. The Kier molecular flexibility index (Phi) is 7.43. The Balaban J connectivity index is 2.02. The molecule has 0 saturated carbocycles. The Morgan fingerprint density at radius 2 is 1.79 bits per heavy atom. The van der Waals surface area contributed by atoms with E-state index in [1.807, 2.05) is 12.1 Å². The predicted octanol–water partition coefficient (Wildman–Crippen LogP) is 4.13. The summed E-state index contributed by atoms with van der Waals surface area (Å²) >= 11 is 0. The molecule has 0 aliphatic carbocycles. The zero-order valence-electron chi connectivity index (χ0n) is 19.7. The van der Waals surface area contributed by atoms with E-state index >= 15 is 0 Å². The second kappa shape index (κ2) is 10.3. The maximum Gasteiger partial charge on any atom is 0.355 e. The van der Waals surface area contributed by atoms with Gasteiger partial charge in [0.15, 0.2) is 5.78 Å². The van der Waals surface area contributed by atoms with Crippen LogP contribution in [-0.4, -0.2) is 44.8 Å². The minimum atomic E-state index is -0.771. The fourth-order valence-corrected chi connectivity index (χ4v) is 4.00. The molecule has 3 aromatic rings. The van der Waals surface area contributed by atoms with Crippen molar-refractivity contribution in [1.82, 2.24) is 14.5 Å². The second-order valence-electron chi connectivity index (χ2n) is 7.91. The van der Waals surface area contributed by atoms with E-state index in [2.05, 4.69) is 4.98 Å². The van der Waals surface area contributed by atoms with Crippen molar-refractivity contribution in [3.8, 4) is 0 Å². The molecule has 1 amide bonds. The number of hydrogen-bond donors (Lipinski definition) is 0. The van der Waals surface area contributed by atoms with Crippen LogP contribution >= 0.6 is 0 Å². The highest BCUT2D eigenvalue weighted by atomic mass is 16.5. The highest BCUT2D eigenvalue weighted by Gasteiger charge is 2.33. The van der Waals surface area contributed by atoms with E-state index in [4.69, 9.17) is 4.74 Å². The van der Waals surface area contributed by atoms with Crippen molar-refractivity contribution in [2.24, 2.45) is 7.05 Å². The van der Waals surface area contributed by atoms with Crippen molar-refractivity contribution >= 4 is 17.7 Å². The molecule has 0 spiro atoms. The molecular formula is C26H29N3O4. The number of Topliss-reactive ketones (excluding diaryl/α,β-unsaturated/α-hetero) is 1. The first-order valence-corrected chi connectivity index (χ1v) is 10.9. The molecule has 33 heavy (non-hydrogen) atoms. The van der Waals surface area contributed by atoms with Crippen molar-refractivity contribution in [3.05, 3.63) is 88.5 Å². The van der Waals surface area contributed by atoms with Gasteiger partial charge in [-0.2, -0.15) is 0 Å².